The van der Waals surface area contributed by atoms with Gasteiger partial charge in [0, 0.05) is 94.7 Å². The number of benzene rings is 1. The van der Waals surface area contributed by atoms with Crippen LogP contribution in [0.15, 0.2) is 41.3 Å². The van der Waals surface area contributed by atoms with Gasteiger partial charge in [0.05, 0.1) is 11.5 Å². The van der Waals surface area contributed by atoms with Crippen molar-refractivity contribution in [3.8, 4) is 0 Å². The van der Waals surface area contributed by atoms with E-state index in [1.807, 2.05) is 19.1 Å². The maximum Gasteiger partial charge on any atom is 0.282 e. The second kappa shape index (κ2) is 16.7. The minimum atomic E-state index is -3.62. The first kappa shape index (κ1) is 39.8. The number of alkyl halides is 2. The molecule has 4 aliphatic heterocycles. The highest BCUT2D eigenvalue weighted by atomic mass is 32.2. The highest BCUT2D eigenvalue weighted by Gasteiger charge is 2.36. The van der Waals surface area contributed by atoms with E-state index in [0.29, 0.717) is 87.9 Å². The lowest BCUT2D eigenvalue weighted by Gasteiger charge is -2.41. The fraction of sp³-hybridized carbons (Fsp3) is 0.625. The van der Waals surface area contributed by atoms with E-state index in [2.05, 4.69) is 42.5 Å². The number of carbonyl (C=O) groups excluding carboxylic acids is 2. The predicted octanol–water partition coefficient (Wildman–Crippen LogP) is 4.27. The van der Waals surface area contributed by atoms with Crippen LogP contribution in [0, 0.1) is 11.8 Å². The van der Waals surface area contributed by atoms with Crippen molar-refractivity contribution in [3.05, 3.63) is 58.0 Å². The summed E-state index contributed by atoms with van der Waals surface area (Å²) in [6.07, 6.45) is 5.29. The number of piperazine rings is 1. The minimum Gasteiger partial charge on any atom is -0.372 e. The number of hydrogen-bond donors (Lipinski definition) is 2. The van der Waals surface area contributed by atoms with Gasteiger partial charge in [0.1, 0.15) is 5.65 Å². The van der Waals surface area contributed by atoms with Gasteiger partial charge < -0.3 is 15.1 Å². The molecule has 2 aromatic heterocycles. The van der Waals surface area contributed by atoms with E-state index in [-0.39, 0.29) is 35.7 Å². The Labute approximate surface area is 332 Å². The van der Waals surface area contributed by atoms with Crippen LogP contribution in [0.25, 0.3) is 11.0 Å². The number of amides is 2. The minimum absolute atomic E-state index is 0.0831. The maximum absolute atomic E-state index is 13.8. The topological polar surface area (TPSA) is 153 Å². The lowest BCUT2D eigenvalue weighted by atomic mass is 9.90. The third-order valence-corrected chi connectivity index (χ3v) is 15.0. The second-order valence-corrected chi connectivity index (χ2v) is 18.5. The first-order chi connectivity index (χ1) is 27.4. The van der Waals surface area contributed by atoms with Gasteiger partial charge in [-0.3, -0.25) is 24.3 Å². The predicted molar refractivity (Wildman–Crippen MR) is 212 cm³/mol. The van der Waals surface area contributed by atoms with Crippen molar-refractivity contribution in [3.63, 3.8) is 0 Å². The summed E-state index contributed by atoms with van der Waals surface area (Å²) in [7, 11) is -3.62. The number of hydrogen-bond acceptors (Lipinski definition) is 10. The number of carbonyl (C=O) groups is 2. The summed E-state index contributed by atoms with van der Waals surface area (Å²) in [5, 5.41) is 6.17. The quantitative estimate of drug-likeness (QED) is 0.284. The molecule has 2 amide bonds. The Kier molecular flexibility index (Phi) is 11.6. The third-order valence-electron chi connectivity index (χ3n) is 13.0. The fourth-order valence-electron chi connectivity index (χ4n) is 9.57. The van der Waals surface area contributed by atoms with E-state index in [1.165, 1.54) is 16.8 Å². The maximum atomic E-state index is 13.8. The summed E-state index contributed by atoms with van der Waals surface area (Å²) in [6, 6.07) is 9.06. The largest absolute Gasteiger partial charge is 0.372 e. The number of fused-ring (bicyclic) bond motifs is 1. The molecule has 5 fully saturated rings. The first-order valence-electron chi connectivity index (χ1n) is 20.6. The molecule has 14 nitrogen and oxygen atoms in total. The van der Waals surface area contributed by atoms with Crippen LogP contribution in [0.3, 0.4) is 0 Å². The van der Waals surface area contributed by atoms with Crippen molar-refractivity contribution in [1.82, 2.24) is 33.4 Å². The number of rotatable bonds is 10. The molecule has 8 rings (SSSR count). The molecule has 0 bridgehead atoms. The smallest absolute Gasteiger partial charge is 0.282 e. The zero-order valence-electron chi connectivity index (χ0n) is 32.5. The van der Waals surface area contributed by atoms with Crippen LogP contribution in [0.5, 0.6) is 0 Å². The summed E-state index contributed by atoms with van der Waals surface area (Å²) in [6.45, 7) is 7.89. The van der Waals surface area contributed by atoms with Gasteiger partial charge in [0.15, 0.2) is 0 Å². The van der Waals surface area contributed by atoms with Crippen molar-refractivity contribution in [2.24, 2.45) is 11.8 Å². The van der Waals surface area contributed by atoms with E-state index in [9.17, 15) is 31.6 Å². The van der Waals surface area contributed by atoms with E-state index in [1.54, 1.807) is 8.61 Å². The summed E-state index contributed by atoms with van der Waals surface area (Å²) >= 11 is 0. The lowest BCUT2D eigenvalue weighted by Crippen LogP contribution is -2.55. The number of imide groups is 1. The van der Waals surface area contributed by atoms with Gasteiger partial charge in [0.25, 0.3) is 22.2 Å². The van der Waals surface area contributed by atoms with E-state index < -0.39 is 27.8 Å². The summed E-state index contributed by atoms with van der Waals surface area (Å²) in [4.78, 5) is 50.9. The first-order valence-corrected chi connectivity index (χ1v) is 22.0. The van der Waals surface area contributed by atoms with Crippen molar-refractivity contribution in [2.45, 2.75) is 89.1 Å². The van der Waals surface area contributed by atoms with Gasteiger partial charge in [0.2, 0.25) is 17.8 Å². The molecular weight excluding hydrogens is 757 g/mol. The average molecular weight is 810 g/mol. The van der Waals surface area contributed by atoms with Crippen LogP contribution in [0.2, 0.25) is 0 Å². The molecule has 3 atom stereocenters. The van der Waals surface area contributed by atoms with E-state index >= 15 is 0 Å². The van der Waals surface area contributed by atoms with Crippen molar-refractivity contribution >= 4 is 44.7 Å². The Hall–Kier alpha value is -4.06. The van der Waals surface area contributed by atoms with E-state index in [0.717, 1.165) is 63.0 Å². The lowest BCUT2D eigenvalue weighted by molar-refractivity contribution is -0.134. The Morgan fingerprint density at radius 1 is 0.877 bits per heavy atom. The average Bonchev–Trinajstić information content (AvgIpc) is 3.63. The van der Waals surface area contributed by atoms with Crippen molar-refractivity contribution < 1.29 is 26.8 Å². The molecule has 0 radical (unpaired) electrons. The van der Waals surface area contributed by atoms with Gasteiger partial charge in [-0.15, -0.1) is 0 Å². The van der Waals surface area contributed by atoms with Gasteiger partial charge >= 0.3 is 0 Å². The molecule has 1 aromatic carbocycles. The molecule has 17 heteroatoms. The van der Waals surface area contributed by atoms with Gasteiger partial charge in [-0.2, -0.15) is 22.0 Å². The number of nitrogens with zero attached hydrogens (tertiary/aromatic N) is 7. The summed E-state index contributed by atoms with van der Waals surface area (Å²) < 4.78 is 59.7. The molecule has 57 heavy (non-hydrogen) atoms. The third kappa shape index (κ3) is 8.43. The number of pyridine rings is 1. The SMILES string of the molecule is C[C@H]1CCCC1n1c(=O)c(C(F)F)cc2cnc(NC3CCN(S(=O)(=O)N4CCN(CC5CCN(c6ccc(C7CCC(=O)NC7=O)cc6)CC5)CC4)CC3)nc21. The molecule has 1 saturated carbocycles. The van der Waals surface area contributed by atoms with Crippen LogP contribution < -0.4 is 21.1 Å². The molecule has 2 N–H and O–H groups in total. The molecular formula is C40H53F2N9O5S. The normalized spacial score (nSPS) is 25.4. The Morgan fingerprint density at radius 2 is 1.58 bits per heavy atom. The highest BCUT2D eigenvalue weighted by molar-refractivity contribution is 7.86. The number of halogens is 2. The number of piperidine rings is 3. The molecule has 4 saturated heterocycles. The zero-order valence-corrected chi connectivity index (χ0v) is 33.3. The summed E-state index contributed by atoms with van der Waals surface area (Å²) in [5.74, 6) is 0.299. The van der Waals surface area contributed by atoms with Crippen LogP contribution in [0.1, 0.15) is 94.2 Å². The second-order valence-electron chi connectivity index (χ2n) is 16.6. The van der Waals surface area contributed by atoms with Crippen LogP contribution >= 0.6 is 0 Å². The Morgan fingerprint density at radius 3 is 2.23 bits per heavy atom. The number of nitrogens with one attached hydrogen (secondary N) is 2. The molecule has 6 heterocycles. The molecule has 0 spiro atoms. The molecule has 5 aliphatic rings. The molecule has 1 aliphatic carbocycles. The van der Waals surface area contributed by atoms with Crippen LogP contribution in [-0.4, -0.2) is 113 Å². The monoisotopic (exact) mass is 809 g/mol. The zero-order chi connectivity index (χ0) is 39.8. The Balaban J connectivity index is 0.798. The standard InChI is InChI=1S/C40H53F2N9O5S/c1-26-3-2-4-34(26)51-37-29(23-33(36(41)42)39(51)54)24-43-40(46-37)44-30-13-17-49(18-14-30)57(55,56)50-21-19-47(20-22-50)25-27-11-15-48(16-12-27)31-7-5-28(6-8-31)32-9-10-35(52)45-38(32)53/h5-8,23-24,26-27,30,32,34,36H,2-4,9-22,25H2,1H3,(H,43,44,46)(H,45,52,53)/t26-,32?,34?/m0/s1. The van der Waals surface area contributed by atoms with Crippen LogP contribution in [-0.2, 0) is 19.8 Å². The summed E-state index contributed by atoms with van der Waals surface area (Å²) in [5.41, 5.74) is 1.19. The van der Waals surface area contributed by atoms with Gasteiger partial charge in [-0.05, 0) is 80.5 Å². The van der Waals surface area contributed by atoms with Gasteiger partial charge in [-0.25, -0.2) is 13.8 Å². The molecule has 3 aromatic rings. The number of anilines is 2. The van der Waals surface area contributed by atoms with Gasteiger partial charge in [-0.1, -0.05) is 25.5 Å². The number of aromatic nitrogens is 3. The van der Waals surface area contributed by atoms with Crippen molar-refractivity contribution in [2.75, 3.05) is 69.1 Å². The molecule has 308 valence electrons. The Bertz CT molecular complexity index is 2110. The van der Waals surface area contributed by atoms with Crippen molar-refractivity contribution in [1.29, 1.82) is 0 Å². The molecule has 2 unspecified atom stereocenters. The fourth-order valence-corrected chi connectivity index (χ4v) is 11.2. The highest BCUT2D eigenvalue weighted by Crippen LogP contribution is 2.37. The van der Waals surface area contributed by atoms with Crippen LogP contribution in [0.4, 0.5) is 20.4 Å². The van der Waals surface area contributed by atoms with E-state index in [4.69, 9.17) is 0 Å².